The summed E-state index contributed by atoms with van der Waals surface area (Å²) in [5.41, 5.74) is 2.08. The van der Waals surface area contributed by atoms with Gasteiger partial charge in [0.15, 0.2) is 0 Å². The third-order valence-corrected chi connectivity index (χ3v) is 5.09. The maximum atomic E-state index is 12.3. The second kappa shape index (κ2) is 6.04. The van der Waals surface area contributed by atoms with Crippen molar-refractivity contribution in [1.82, 2.24) is 15.3 Å². The van der Waals surface area contributed by atoms with Crippen molar-refractivity contribution in [2.75, 3.05) is 6.54 Å². The van der Waals surface area contributed by atoms with Crippen molar-refractivity contribution in [3.05, 3.63) is 49.3 Å². The molecule has 0 aliphatic heterocycles. The van der Waals surface area contributed by atoms with E-state index in [0.717, 1.165) is 30.0 Å². The Morgan fingerprint density at radius 2 is 2.27 bits per heavy atom. The highest BCUT2D eigenvalue weighted by atomic mass is 32.1. The summed E-state index contributed by atoms with van der Waals surface area (Å²) in [6.45, 7) is 4.36. The van der Waals surface area contributed by atoms with E-state index in [1.807, 2.05) is 6.92 Å². The molecule has 1 aliphatic carbocycles. The number of nitrogens with zero attached hydrogens (tertiary/aromatic N) is 1. The number of aryl methyl sites for hydroxylation is 3. The number of hydrogen-bond acceptors (Lipinski definition) is 4. The van der Waals surface area contributed by atoms with Crippen LogP contribution in [0.2, 0.25) is 0 Å². The maximum Gasteiger partial charge on any atom is 0.253 e. The Balaban J connectivity index is 1.70. The lowest BCUT2D eigenvalue weighted by atomic mass is 9.91. The molecule has 1 unspecified atom stereocenters. The van der Waals surface area contributed by atoms with Crippen LogP contribution < -0.4 is 10.9 Å². The average Bonchev–Trinajstić information content (AvgIpc) is 2.85. The van der Waals surface area contributed by atoms with Crippen molar-refractivity contribution in [2.45, 2.75) is 39.0 Å². The Hall–Kier alpha value is -1.95. The monoisotopic (exact) mass is 317 g/mol. The largest absolute Gasteiger partial charge is 0.351 e. The second-order valence-electron chi connectivity index (χ2n) is 5.70. The van der Waals surface area contributed by atoms with Gasteiger partial charge in [-0.2, -0.15) is 0 Å². The molecule has 116 valence electrons. The third kappa shape index (κ3) is 2.97. The first-order chi connectivity index (χ1) is 10.5. The number of nitrogens with one attached hydrogen (secondary N) is 2. The minimum atomic E-state index is -0.191. The minimum absolute atomic E-state index is 0.146. The van der Waals surface area contributed by atoms with Gasteiger partial charge >= 0.3 is 0 Å². The van der Waals surface area contributed by atoms with E-state index in [0.29, 0.717) is 23.7 Å². The predicted octanol–water partition coefficient (Wildman–Crippen LogP) is 2.30. The number of H-pyrrole nitrogens is 1. The van der Waals surface area contributed by atoms with Crippen LogP contribution in [0.4, 0.5) is 0 Å². The highest BCUT2D eigenvalue weighted by Crippen LogP contribution is 2.34. The van der Waals surface area contributed by atoms with E-state index in [-0.39, 0.29) is 11.5 Å². The van der Waals surface area contributed by atoms with Crippen LogP contribution in [0.15, 0.2) is 16.9 Å². The zero-order valence-corrected chi connectivity index (χ0v) is 13.5. The van der Waals surface area contributed by atoms with E-state index in [1.165, 1.54) is 10.9 Å². The first-order valence-corrected chi connectivity index (χ1v) is 8.30. The van der Waals surface area contributed by atoms with Gasteiger partial charge in [0.2, 0.25) is 5.56 Å². The molecule has 0 aromatic carbocycles. The molecule has 1 aliphatic rings. The van der Waals surface area contributed by atoms with Gasteiger partial charge < -0.3 is 10.3 Å². The van der Waals surface area contributed by atoms with Crippen LogP contribution in [0.1, 0.15) is 50.4 Å². The minimum Gasteiger partial charge on any atom is -0.351 e. The normalized spacial score (nSPS) is 17.1. The average molecular weight is 317 g/mol. The molecule has 1 atom stereocenters. The fourth-order valence-corrected chi connectivity index (χ4v) is 4.03. The molecular formula is C16H19N3O2S. The molecule has 2 N–H and O–H groups in total. The Morgan fingerprint density at radius 1 is 1.45 bits per heavy atom. The number of amides is 1. The van der Waals surface area contributed by atoms with Gasteiger partial charge in [-0.3, -0.25) is 9.59 Å². The molecule has 3 rings (SSSR count). The van der Waals surface area contributed by atoms with Crippen LogP contribution in [-0.2, 0) is 6.42 Å². The van der Waals surface area contributed by atoms with E-state index in [2.05, 4.69) is 15.3 Å². The van der Waals surface area contributed by atoms with E-state index < -0.39 is 0 Å². The van der Waals surface area contributed by atoms with Crippen LogP contribution in [0.25, 0.3) is 0 Å². The highest BCUT2D eigenvalue weighted by molar-refractivity contribution is 7.11. The van der Waals surface area contributed by atoms with Crippen molar-refractivity contribution < 1.29 is 4.79 Å². The summed E-state index contributed by atoms with van der Waals surface area (Å²) in [6, 6.07) is 2.95. The lowest BCUT2D eigenvalue weighted by Crippen LogP contribution is -2.31. The Labute approximate surface area is 132 Å². The zero-order valence-electron chi connectivity index (χ0n) is 12.7. The number of aromatic amines is 1. The molecule has 2 heterocycles. The van der Waals surface area contributed by atoms with Gasteiger partial charge in [-0.15, -0.1) is 11.3 Å². The molecule has 2 aromatic rings. The summed E-state index contributed by atoms with van der Waals surface area (Å²) >= 11 is 1.77. The molecule has 2 aromatic heterocycles. The Kier molecular flexibility index (Phi) is 4.11. The van der Waals surface area contributed by atoms with Crippen molar-refractivity contribution in [3.63, 3.8) is 0 Å². The van der Waals surface area contributed by atoms with Crippen LogP contribution in [0.3, 0.4) is 0 Å². The fraction of sp³-hybridized carbons (Fsp3) is 0.438. The van der Waals surface area contributed by atoms with Gasteiger partial charge in [0.25, 0.3) is 5.91 Å². The van der Waals surface area contributed by atoms with Gasteiger partial charge in [-0.25, -0.2) is 4.98 Å². The van der Waals surface area contributed by atoms with E-state index in [4.69, 9.17) is 0 Å². The number of thiazole rings is 1. The number of hydrogen-bond donors (Lipinski definition) is 2. The summed E-state index contributed by atoms with van der Waals surface area (Å²) in [4.78, 5) is 32.1. The maximum absolute atomic E-state index is 12.3. The molecule has 1 amide bonds. The predicted molar refractivity (Wildman–Crippen MR) is 86.7 cm³/mol. The third-order valence-electron chi connectivity index (χ3n) is 4.05. The van der Waals surface area contributed by atoms with Crippen LogP contribution in [0.5, 0.6) is 0 Å². The van der Waals surface area contributed by atoms with Gasteiger partial charge in [-0.1, -0.05) is 0 Å². The summed E-state index contributed by atoms with van der Waals surface area (Å²) in [6.07, 6.45) is 3.30. The van der Waals surface area contributed by atoms with Gasteiger partial charge in [0.05, 0.1) is 16.3 Å². The standard InChI is InChI=1S/C16H19N3O2S/c1-9-12(6-7-14(20)18-9)16(21)17-8-11-4-3-5-13-15(11)19-10(2)22-13/h6-7,11H,3-5,8H2,1-2H3,(H,17,21)(H,18,20). The molecule has 0 spiro atoms. The number of fused-ring (bicyclic) bond motifs is 1. The van der Waals surface area contributed by atoms with E-state index in [9.17, 15) is 9.59 Å². The summed E-state index contributed by atoms with van der Waals surface area (Å²) < 4.78 is 0. The first-order valence-electron chi connectivity index (χ1n) is 7.49. The van der Waals surface area contributed by atoms with Gasteiger partial charge in [-0.05, 0) is 39.2 Å². The molecule has 0 bridgehead atoms. The van der Waals surface area contributed by atoms with Crippen molar-refractivity contribution in [3.8, 4) is 0 Å². The number of aromatic nitrogens is 2. The quantitative estimate of drug-likeness (QED) is 0.912. The summed E-state index contributed by atoms with van der Waals surface area (Å²) in [5.74, 6) is 0.147. The number of carbonyl (C=O) groups excluding carboxylic acids is 1. The van der Waals surface area contributed by atoms with E-state index >= 15 is 0 Å². The molecular weight excluding hydrogens is 298 g/mol. The lowest BCUT2D eigenvalue weighted by Gasteiger charge is -2.21. The SMILES string of the molecule is Cc1nc2c(s1)CCCC2CNC(=O)c1ccc(=O)[nH]c1C. The van der Waals surface area contributed by atoms with Crippen molar-refractivity contribution in [1.29, 1.82) is 0 Å². The molecule has 5 nitrogen and oxygen atoms in total. The Morgan fingerprint density at radius 3 is 3.05 bits per heavy atom. The second-order valence-corrected chi connectivity index (χ2v) is 6.99. The van der Waals surface area contributed by atoms with Crippen LogP contribution >= 0.6 is 11.3 Å². The smallest absolute Gasteiger partial charge is 0.253 e. The molecule has 0 fully saturated rings. The molecule has 0 saturated heterocycles. The molecule has 22 heavy (non-hydrogen) atoms. The molecule has 0 saturated carbocycles. The summed E-state index contributed by atoms with van der Waals surface area (Å²) in [7, 11) is 0. The van der Waals surface area contributed by atoms with Gasteiger partial charge in [0.1, 0.15) is 0 Å². The molecule has 0 radical (unpaired) electrons. The number of carbonyl (C=O) groups is 1. The molecule has 6 heteroatoms. The van der Waals surface area contributed by atoms with Crippen LogP contribution in [-0.4, -0.2) is 22.4 Å². The van der Waals surface area contributed by atoms with Crippen molar-refractivity contribution >= 4 is 17.2 Å². The number of pyridine rings is 1. The van der Waals surface area contributed by atoms with Crippen LogP contribution in [0, 0.1) is 13.8 Å². The lowest BCUT2D eigenvalue weighted by molar-refractivity contribution is 0.0949. The zero-order chi connectivity index (χ0) is 15.7. The van der Waals surface area contributed by atoms with Gasteiger partial charge in [0, 0.05) is 29.1 Å². The highest BCUT2D eigenvalue weighted by Gasteiger charge is 2.24. The topological polar surface area (TPSA) is 74.8 Å². The first kappa shape index (κ1) is 15.0. The fourth-order valence-electron chi connectivity index (χ4n) is 2.96. The van der Waals surface area contributed by atoms with Crippen molar-refractivity contribution in [2.24, 2.45) is 0 Å². The number of rotatable bonds is 3. The summed E-state index contributed by atoms with van der Waals surface area (Å²) in [5, 5.41) is 4.08. The van der Waals surface area contributed by atoms with E-state index in [1.54, 1.807) is 24.3 Å². The Bertz CT molecular complexity index is 763.